The molecular weight excluding hydrogens is 452 g/mol. The maximum absolute atomic E-state index is 12.7. The molecule has 0 radical (unpaired) electrons. The van der Waals surface area contributed by atoms with Gasteiger partial charge in [0.15, 0.2) is 5.16 Å². The zero-order valence-electron chi connectivity index (χ0n) is 20.3. The summed E-state index contributed by atoms with van der Waals surface area (Å²) in [7, 11) is 3.28. The van der Waals surface area contributed by atoms with Gasteiger partial charge < -0.3 is 19.1 Å². The van der Waals surface area contributed by atoms with Crippen LogP contribution in [0.3, 0.4) is 0 Å². The summed E-state index contributed by atoms with van der Waals surface area (Å²) < 4.78 is 16.9. The first kappa shape index (κ1) is 24.1. The normalized spacial score (nSPS) is 16.3. The van der Waals surface area contributed by atoms with Crippen LogP contribution in [-0.4, -0.2) is 59.6 Å². The van der Waals surface area contributed by atoms with Crippen molar-refractivity contribution in [3.8, 4) is 29.0 Å². The van der Waals surface area contributed by atoms with E-state index in [1.807, 2.05) is 32.9 Å². The number of nitriles is 1. The molecule has 1 amide bonds. The molecule has 34 heavy (non-hydrogen) atoms. The van der Waals surface area contributed by atoms with E-state index in [2.05, 4.69) is 17.1 Å². The minimum absolute atomic E-state index is 0.257. The van der Waals surface area contributed by atoms with Crippen LogP contribution in [0, 0.1) is 11.3 Å². The fourth-order valence-electron chi connectivity index (χ4n) is 4.80. The highest BCUT2D eigenvalue weighted by Gasteiger charge is 2.46. The minimum atomic E-state index is -0.534. The summed E-state index contributed by atoms with van der Waals surface area (Å²) in [6, 6.07) is 8.16. The third-order valence-electron chi connectivity index (χ3n) is 6.31. The molecule has 9 heteroatoms. The van der Waals surface area contributed by atoms with Crippen LogP contribution < -0.4 is 9.47 Å². The maximum atomic E-state index is 12.7. The van der Waals surface area contributed by atoms with Crippen molar-refractivity contribution >= 4 is 17.9 Å². The van der Waals surface area contributed by atoms with Crippen molar-refractivity contribution in [1.82, 2.24) is 14.9 Å². The number of hydrogen-bond acceptors (Lipinski definition) is 8. The van der Waals surface area contributed by atoms with Crippen molar-refractivity contribution in [2.24, 2.45) is 0 Å². The summed E-state index contributed by atoms with van der Waals surface area (Å²) in [4.78, 5) is 24.0. The first-order valence-electron chi connectivity index (χ1n) is 11.3. The average Bonchev–Trinajstić information content (AvgIpc) is 2.81. The van der Waals surface area contributed by atoms with E-state index in [1.165, 1.54) is 11.8 Å². The van der Waals surface area contributed by atoms with Crippen molar-refractivity contribution in [3.05, 3.63) is 29.3 Å². The summed E-state index contributed by atoms with van der Waals surface area (Å²) in [5, 5.41) is 9.55. The zero-order valence-corrected chi connectivity index (χ0v) is 21.1. The number of benzene rings is 1. The van der Waals surface area contributed by atoms with Crippen LogP contribution in [0.2, 0.25) is 0 Å². The molecule has 1 saturated heterocycles. The molecular formula is C25H30N4O4S. The van der Waals surface area contributed by atoms with E-state index in [0.29, 0.717) is 24.1 Å². The number of aromatic nitrogens is 2. The predicted octanol–water partition coefficient (Wildman–Crippen LogP) is 4.60. The van der Waals surface area contributed by atoms with Gasteiger partial charge in [-0.2, -0.15) is 10.2 Å². The first-order valence-corrected chi connectivity index (χ1v) is 12.3. The third kappa shape index (κ3) is 4.64. The summed E-state index contributed by atoms with van der Waals surface area (Å²) in [6.07, 6.45) is 1.96. The number of fused-ring (bicyclic) bond motifs is 4. The predicted molar refractivity (Wildman–Crippen MR) is 129 cm³/mol. The fourth-order valence-corrected chi connectivity index (χ4v) is 5.30. The Labute approximate surface area is 204 Å². The molecule has 0 saturated carbocycles. The van der Waals surface area contributed by atoms with Gasteiger partial charge in [-0.05, 0) is 63.8 Å². The molecule has 1 aromatic carbocycles. The molecule has 1 aliphatic heterocycles. The SMILES string of the molecule is COc1ccc2c(c1)CC1(CCN(C(=O)OC(C)(C)C)CC1)c1c(OC)nc(SCC#N)nc1-2. The first-order chi connectivity index (χ1) is 16.2. The second-order valence-corrected chi connectivity index (χ2v) is 10.6. The molecule has 180 valence electrons. The molecule has 1 spiro atoms. The smallest absolute Gasteiger partial charge is 0.410 e. The van der Waals surface area contributed by atoms with Crippen LogP contribution >= 0.6 is 11.8 Å². The number of thioether (sulfide) groups is 1. The minimum Gasteiger partial charge on any atom is -0.497 e. The number of piperidine rings is 1. The Hall–Kier alpha value is -2.99. The Bertz CT molecular complexity index is 1130. The van der Waals surface area contributed by atoms with Crippen LogP contribution in [0.1, 0.15) is 44.7 Å². The molecule has 8 nitrogen and oxygen atoms in total. The van der Waals surface area contributed by atoms with Crippen LogP contribution in [0.15, 0.2) is 23.4 Å². The third-order valence-corrected chi connectivity index (χ3v) is 7.03. The summed E-state index contributed by atoms with van der Waals surface area (Å²) >= 11 is 1.29. The monoisotopic (exact) mass is 482 g/mol. The van der Waals surface area contributed by atoms with Crippen molar-refractivity contribution in [2.75, 3.05) is 33.1 Å². The van der Waals surface area contributed by atoms with E-state index in [9.17, 15) is 4.79 Å². The molecule has 4 rings (SSSR count). The number of ether oxygens (including phenoxy) is 3. The molecule has 0 atom stereocenters. The van der Waals surface area contributed by atoms with E-state index < -0.39 is 5.60 Å². The number of carbonyl (C=O) groups excluding carboxylic acids is 1. The van der Waals surface area contributed by atoms with Crippen LogP contribution in [0.5, 0.6) is 11.6 Å². The Morgan fingerprint density at radius 3 is 2.56 bits per heavy atom. The molecule has 0 unspecified atom stereocenters. The summed E-state index contributed by atoms with van der Waals surface area (Å²) in [6.45, 7) is 6.77. The van der Waals surface area contributed by atoms with Crippen molar-refractivity contribution < 1.29 is 19.0 Å². The second-order valence-electron chi connectivity index (χ2n) is 9.63. The van der Waals surface area contributed by atoms with Gasteiger partial charge in [0.25, 0.3) is 0 Å². The molecule has 2 aromatic rings. The Kier molecular flexibility index (Phi) is 6.63. The molecule has 1 fully saturated rings. The van der Waals surface area contributed by atoms with Crippen LogP contribution in [0.25, 0.3) is 11.3 Å². The highest BCUT2D eigenvalue weighted by molar-refractivity contribution is 7.99. The lowest BCUT2D eigenvalue weighted by molar-refractivity contribution is 0.0161. The topological polar surface area (TPSA) is 97.6 Å². The maximum Gasteiger partial charge on any atom is 0.410 e. The lowest BCUT2D eigenvalue weighted by atomic mass is 9.64. The summed E-state index contributed by atoms with van der Waals surface area (Å²) in [5.74, 6) is 1.59. The van der Waals surface area contributed by atoms with Crippen molar-refractivity contribution in [2.45, 2.75) is 56.2 Å². The zero-order chi connectivity index (χ0) is 24.5. The van der Waals surface area contributed by atoms with Gasteiger partial charge in [0.2, 0.25) is 5.88 Å². The second kappa shape index (κ2) is 9.34. The number of methoxy groups -OCH3 is 2. The Morgan fingerprint density at radius 1 is 1.21 bits per heavy atom. The van der Waals surface area contributed by atoms with Gasteiger partial charge in [-0.1, -0.05) is 11.8 Å². The average molecular weight is 483 g/mol. The van der Waals surface area contributed by atoms with Gasteiger partial charge >= 0.3 is 6.09 Å². The van der Waals surface area contributed by atoms with Gasteiger partial charge in [-0.25, -0.2) is 9.78 Å². The van der Waals surface area contributed by atoms with Gasteiger partial charge in [0.05, 0.1) is 31.7 Å². The largest absolute Gasteiger partial charge is 0.497 e. The van der Waals surface area contributed by atoms with E-state index >= 15 is 0 Å². The molecule has 0 N–H and O–H groups in total. The van der Waals surface area contributed by atoms with Gasteiger partial charge in [0, 0.05) is 29.6 Å². The molecule has 2 heterocycles. The standard InChI is InChI=1S/C25H30N4O4S/c1-24(2,3)33-23(30)29-11-8-25(9-12-29)15-16-14-17(31-4)6-7-18(16)20-19(25)21(32-5)28-22(27-20)34-13-10-26/h6-7,14H,8-9,11-13,15H2,1-5H3. The molecule has 1 aliphatic carbocycles. The van der Waals surface area contributed by atoms with Crippen LogP contribution in [-0.2, 0) is 16.6 Å². The Balaban J connectivity index is 1.76. The van der Waals surface area contributed by atoms with Gasteiger partial charge in [-0.15, -0.1) is 0 Å². The fraction of sp³-hybridized carbons (Fsp3) is 0.520. The number of likely N-dealkylation sites (tertiary alicyclic amines) is 1. The lowest BCUT2D eigenvalue weighted by Gasteiger charge is -2.45. The Morgan fingerprint density at radius 2 is 1.94 bits per heavy atom. The number of amides is 1. The van der Waals surface area contributed by atoms with Crippen molar-refractivity contribution in [1.29, 1.82) is 5.26 Å². The van der Waals surface area contributed by atoms with E-state index in [4.69, 9.17) is 24.5 Å². The van der Waals surface area contributed by atoms with Gasteiger partial charge in [-0.3, -0.25) is 0 Å². The number of rotatable bonds is 4. The van der Waals surface area contributed by atoms with E-state index in [1.54, 1.807) is 19.1 Å². The molecule has 0 bridgehead atoms. The molecule has 1 aromatic heterocycles. The number of nitrogens with zero attached hydrogens (tertiary/aromatic N) is 4. The number of hydrogen-bond donors (Lipinski definition) is 0. The van der Waals surface area contributed by atoms with Gasteiger partial charge in [0.1, 0.15) is 11.4 Å². The molecule has 2 aliphatic rings. The number of carbonyl (C=O) groups is 1. The van der Waals surface area contributed by atoms with E-state index in [0.717, 1.165) is 47.4 Å². The lowest BCUT2D eigenvalue weighted by Crippen LogP contribution is -2.48. The highest BCUT2D eigenvalue weighted by atomic mass is 32.2. The van der Waals surface area contributed by atoms with E-state index in [-0.39, 0.29) is 17.3 Å². The summed E-state index contributed by atoms with van der Waals surface area (Å²) in [5.41, 5.74) is 3.18. The quantitative estimate of drug-likeness (QED) is 0.461. The van der Waals surface area contributed by atoms with Crippen molar-refractivity contribution in [3.63, 3.8) is 0 Å². The van der Waals surface area contributed by atoms with Crippen LogP contribution in [0.4, 0.5) is 4.79 Å². The highest BCUT2D eigenvalue weighted by Crippen LogP contribution is 2.51.